The maximum atomic E-state index is 13.0. The zero-order valence-electron chi connectivity index (χ0n) is 13.5. The average Bonchev–Trinajstić information content (AvgIpc) is 3.09. The molecule has 1 fully saturated rings. The number of rotatable bonds is 2. The molecule has 130 valence electrons. The summed E-state index contributed by atoms with van der Waals surface area (Å²) in [5, 5.41) is 0.928. The number of benzene rings is 2. The van der Waals surface area contributed by atoms with Crippen molar-refractivity contribution < 1.29 is 14.3 Å². The van der Waals surface area contributed by atoms with Crippen molar-refractivity contribution in [3.63, 3.8) is 0 Å². The van der Waals surface area contributed by atoms with Crippen LogP contribution in [0.5, 0.6) is 11.5 Å². The van der Waals surface area contributed by atoms with Crippen LogP contribution in [-0.4, -0.2) is 30.6 Å². The van der Waals surface area contributed by atoms with E-state index in [1.165, 1.54) is 0 Å². The largest absolute Gasteiger partial charge is 0.486 e. The Bertz CT molecular complexity index is 804. The van der Waals surface area contributed by atoms with Gasteiger partial charge < -0.3 is 14.4 Å². The van der Waals surface area contributed by atoms with E-state index in [2.05, 4.69) is 0 Å². The number of halogens is 2. The van der Waals surface area contributed by atoms with E-state index in [0.29, 0.717) is 35.4 Å². The maximum Gasteiger partial charge on any atom is 0.254 e. The zero-order valence-corrected chi connectivity index (χ0v) is 15.0. The molecule has 2 aliphatic heterocycles. The van der Waals surface area contributed by atoms with Crippen LogP contribution in [0.4, 0.5) is 0 Å². The van der Waals surface area contributed by atoms with E-state index in [9.17, 15) is 4.79 Å². The molecule has 0 radical (unpaired) electrons. The van der Waals surface area contributed by atoms with Crippen LogP contribution in [-0.2, 0) is 0 Å². The summed E-state index contributed by atoms with van der Waals surface area (Å²) >= 11 is 12.1. The lowest BCUT2D eigenvalue weighted by Crippen LogP contribution is -2.30. The van der Waals surface area contributed by atoms with Crippen LogP contribution in [0.15, 0.2) is 36.4 Å². The fourth-order valence-electron chi connectivity index (χ4n) is 3.47. The highest BCUT2D eigenvalue weighted by molar-refractivity contribution is 6.35. The third-order valence-electron chi connectivity index (χ3n) is 4.57. The van der Waals surface area contributed by atoms with Gasteiger partial charge in [0, 0.05) is 22.2 Å². The first-order chi connectivity index (χ1) is 12.1. The van der Waals surface area contributed by atoms with Gasteiger partial charge in [-0.2, -0.15) is 0 Å². The van der Waals surface area contributed by atoms with Crippen LogP contribution in [0.1, 0.15) is 34.8 Å². The molecule has 2 heterocycles. The summed E-state index contributed by atoms with van der Waals surface area (Å²) in [5.41, 5.74) is 1.57. The lowest BCUT2D eigenvalue weighted by atomic mass is 10.0. The number of hydrogen-bond acceptors (Lipinski definition) is 3. The minimum Gasteiger partial charge on any atom is -0.486 e. The van der Waals surface area contributed by atoms with Crippen molar-refractivity contribution in [2.45, 2.75) is 18.9 Å². The standard InChI is InChI=1S/C19H17Cl2NO3/c20-14-8-13(9-15(21)11-14)19(23)22-5-1-2-16(22)12-3-4-17-18(10-12)25-7-6-24-17/h3-4,8-11,16H,1-2,5-7H2/t16-/m1/s1. The molecule has 0 aliphatic carbocycles. The molecule has 0 aromatic heterocycles. The molecule has 2 aromatic carbocycles. The molecule has 25 heavy (non-hydrogen) atoms. The van der Waals surface area contributed by atoms with Gasteiger partial charge in [-0.05, 0) is 48.7 Å². The van der Waals surface area contributed by atoms with Crippen molar-refractivity contribution in [1.82, 2.24) is 4.90 Å². The summed E-state index contributed by atoms with van der Waals surface area (Å²) < 4.78 is 11.2. The minimum absolute atomic E-state index is 0.0149. The van der Waals surface area contributed by atoms with Crippen LogP contribution < -0.4 is 9.47 Å². The topological polar surface area (TPSA) is 38.8 Å². The molecule has 4 nitrogen and oxygen atoms in total. The van der Waals surface area contributed by atoms with Gasteiger partial charge in [0.1, 0.15) is 13.2 Å². The van der Waals surface area contributed by atoms with Crippen LogP contribution in [0.3, 0.4) is 0 Å². The summed E-state index contributed by atoms with van der Waals surface area (Å²) in [6, 6.07) is 10.9. The van der Waals surface area contributed by atoms with Crippen molar-refractivity contribution in [3.05, 3.63) is 57.6 Å². The number of carbonyl (C=O) groups excluding carboxylic acids is 1. The number of fused-ring (bicyclic) bond motifs is 1. The van der Waals surface area contributed by atoms with Crippen LogP contribution in [0.25, 0.3) is 0 Å². The molecule has 1 saturated heterocycles. The van der Waals surface area contributed by atoms with Crippen molar-refractivity contribution in [2.24, 2.45) is 0 Å². The van der Waals surface area contributed by atoms with Crippen LogP contribution in [0, 0.1) is 0 Å². The van der Waals surface area contributed by atoms with Gasteiger partial charge in [0.2, 0.25) is 0 Å². The minimum atomic E-state index is -0.0539. The number of likely N-dealkylation sites (tertiary alicyclic amines) is 1. The van der Waals surface area contributed by atoms with Gasteiger partial charge in [-0.25, -0.2) is 0 Å². The molecule has 1 amide bonds. The Morgan fingerprint density at radius 3 is 2.48 bits per heavy atom. The molecule has 0 unspecified atom stereocenters. The van der Waals surface area contributed by atoms with E-state index in [0.717, 1.165) is 29.9 Å². The van der Waals surface area contributed by atoms with E-state index >= 15 is 0 Å². The third kappa shape index (κ3) is 3.29. The Hall–Kier alpha value is -1.91. The Balaban J connectivity index is 1.63. The Kier molecular flexibility index (Phi) is 4.48. The molecule has 1 atom stereocenters. The van der Waals surface area contributed by atoms with E-state index in [1.807, 2.05) is 23.1 Å². The fourth-order valence-corrected chi connectivity index (χ4v) is 3.99. The van der Waals surface area contributed by atoms with Crippen molar-refractivity contribution in [1.29, 1.82) is 0 Å². The molecular formula is C19H17Cl2NO3. The normalized spacial score (nSPS) is 19.1. The van der Waals surface area contributed by atoms with Crippen molar-refractivity contribution in [2.75, 3.05) is 19.8 Å². The highest BCUT2D eigenvalue weighted by atomic mass is 35.5. The van der Waals surface area contributed by atoms with Gasteiger partial charge >= 0.3 is 0 Å². The monoisotopic (exact) mass is 377 g/mol. The lowest BCUT2D eigenvalue weighted by Gasteiger charge is -2.27. The van der Waals surface area contributed by atoms with E-state index < -0.39 is 0 Å². The van der Waals surface area contributed by atoms with Crippen LogP contribution in [0.2, 0.25) is 10.0 Å². The molecular weight excluding hydrogens is 361 g/mol. The summed E-state index contributed by atoms with van der Waals surface area (Å²) in [6.07, 6.45) is 1.87. The van der Waals surface area contributed by atoms with Gasteiger partial charge in [0.05, 0.1) is 6.04 Å². The van der Waals surface area contributed by atoms with E-state index in [-0.39, 0.29) is 11.9 Å². The maximum absolute atomic E-state index is 13.0. The molecule has 6 heteroatoms. The smallest absolute Gasteiger partial charge is 0.254 e. The number of nitrogens with zero attached hydrogens (tertiary/aromatic N) is 1. The quantitative estimate of drug-likeness (QED) is 0.758. The first-order valence-corrected chi connectivity index (χ1v) is 9.04. The number of carbonyl (C=O) groups is 1. The molecule has 0 spiro atoms. The van der Waals surface area contributed by atoms with Crippen molar-refractivity contribution >= 4 is 29.1 Å². The number of ether oxygens (including phenoxy) is 2. The van der Waals surface area contributed by atoms with Crippen molar-refractivity contribution in [3.8, 4) is 11.5 Å². The second-order valence-corrected chi connectivity index (χ2v) is 7.09. The van der Waals surface area contributed by atoms with E-state index in [1.54, 1.807) is 18.2 Å². The van der Waals surface area contributed by atoms with Gasteiger partial charge in [-0.3, -0.25) is 4.79 Å². The summed E-state index contributed by atoms with van der Waals surface area (Å²) in [5.74, 6) is 1.45. The fraction of sp³-hybridized carbons (Fsp3) is 0.316. The van der Waals surface area contributed by atoms with Crippen LogP contribution >= 0.6 is 23.2 Å². The molecule has 0 bridgehead atoms. The first-order valence-electron chi connectivity index (χ1n) is 8.28. The molecule has 4 rings (SSSR count). The predicted octanol–water partition coefficient (Wildman–Crippen LogP) is 4.74. The first kappa shape index (κ1) is 16.6. The highest BCUT2D eigenvalue weighted by Gasteiger charge is 2.31. The van der Waals surface area contributed by atoms with E-state index in [4.69, 9.17) is 32.7 Å². The summed E-state index contributed by atoms with van der Waals surface area (Å²) in [4.78, 5) is 14.9. The third-order valence-corrected chi connectivity index (χ3v) is 5.01. The molecule has 2 aromatic rings. The second kappa shape index (κ2) is 6.77. The van der Waals surface area contributed by atoms with Gasteiger partial charge in [-0.1, -0.05) is 29.3 Å². The zero-order chi connectivity index (χ0) is 17.4. The number of amides is 1. The predicted molar refractivity (Wildman–Crippen MR) is 96.9 cm³/mol. The Morgan fingerprint density at radius 1 is 1.00 bits per heavy atom. The number of hydrogen-bond donors (Lipinski definition) is 0. The van der Waals surface area contributed by atoms with Gasteiger partial charge in [-0.15, -0.1) is 0 Å². The Morgan fingerprint density at radius 2 is 1.72 bits per heavy atom. The highest BCUT2D eigenvalue weighted by Crippen LogP contribution is 2.38. The second-order valence-electron chi connectivity index (χ2n) is 6.22. The SMILES string of the molecule is O=C(c1cc(Cl)cc(Cl)c1)N1CCC[C@@H]1c1ccc2c(c1)OCCO2. The van der Waals surface area contributed by atoms with Gasteiger partial charge in [0.15, 0.2) is 11.5 Å². The molecule has 0 saturated carbocycles. The lowest BCUT2D eigenvalue weighted by molar-refractivity contribution is 0.0735. The molecule has 0 N–H and O–H groups in total. The summed E-state index contributed by atoms with van der Waals surface area (Å²) in [7, 11) is 0. The summed E-state index contributed by atoms with van der Waals surface area (Å²) in [6.45, 7) is 1.82. The molecule has 2 aliphatic rings. The van der Waals surface area contributed by atoms with Gasteiger partial charge in [0.25, 0.3) is 5.91 Å². The Labute approximate surface area is 156 Å². The average molecular weight is 378 g/mol.